The minimum absolute atomic E-state index is 0.897. The van der Waals surface area contributed by atoms with Gasteiger partial charge < -0.3 is 0 Å². The summed E-state index contributed by atoms with van der Waals surface area (Å²) in [5.41, 5.74) is 0. The molecule has 0 atom stereocenters. The fourth-order valence-electron chi connectivity index (χ4n) is 4.75. The summed E-state index contributed by atoms with van der Waals surface area (Å²) < 4.78 is 2.92. The van der Waals surface area contributed by atoms with Crippen LogP contribution in [0.1, 0.15) is 0 Å². The van der Waals surface area contributed by atoms with Crippen LogP contribution in [0.5, 0.6) is 0 Å². The average Bonchev–Trinajstić information content (AvgIpc) is 3.04. The van der Waals surface area contributed by atoms with E-state index in [1.54, 1.807) is 0 Å². The molecular formula is C36H30NP3. The molecule has 0 amide bonds. The number of hydrogen-bond acceptors (Lipinski definition) is 1. The van der Waals surface area contributed by atoms with Crippen molar-refractivity contribution in [3.05, 3.63) is 182 Å². The lowest BCUT2D eigenvalue weighted by molar-refractivity contribution is 1.21. The van der Waals surface area contributed by atoms with E-state index in [1.807, 2.05) is 0 Å². The molecule has 6 aromatic rings. The van der Waals surface area contributed by atoms with E-state index < -0.39 is 24.2 Å². The van der Waals surface area contributed by atoms with E-state index in [0.717, 1.165) is 0 Å². The van der Waals surface area contributed by atoms with Gasteiger partial charge in [0.2, 0.25) is 0 Å². The van der Waals surface area contributed by atoms with Crippen LogP contribution in [0, 0.1) is 0 Å². The van der Waals surface area contributed by atoms with Crippen LogP contribution in [0.4, 0.5) is 0 Å². The third kappa shape index (κ3) is 6.00. The second-order valence-corrected chi connectivity index (χ2v) is 16.3. The molecular weight excluding hydrogens is 539 g/mol. The Bertz CT molecular complexity index is 1270. The zero-order valence-corrected chi connectivity index (χ0v) is 24.8. The van der Waals surface area contributed by atoms with Crippen molar-refractivity contribution < 1.29 is 0 Å². The minimum Gasteiger partial charge on any atom is -0.213 e. The van der Waals surface area contributed by atoms with E-state index in [9.17, 15) is 0 Å². The topological polar surface area (TPSA) is 3.24 Å². The van der Waals surface area contributed by atoms with Crippen molar-refractivity contribution in [3.63, 3.8) is 0 Å². The number of benzene rings is 6. The maximum absolute atomic E-state index is 2.92. The van der Waals surface area contributed by atoms with E-state index in [2.05, 4.69) is 186 Å². The molecule has 0 N–H and O–H groups in total. The molecule has 0 heterocycles. The zero-order chi connectivity index (χ0) is 27.0. The van der Waals surface area contributed by atoms with E-state index in [0.29, 0.717) is 0 Å². The Morgan fingerprint density at radius 1 is 0.225 bits per heavy atom. The first kappa shape index (κ1) is 26.8. The highest BCUT2D eigenvalue weighted by Gasteiger charge is 2.38. The van der Waals surface area contributed by atoms with Gasteiger partial charge in [0.25, 0.3) is 0 Å². The molecule has 0 aliphatic rings. The fraction of sp³-hybridized carbons (Fsp3) is 0. The quantitative estimate of drug-likeness (QED) is 0.164. The van der Waals surface area contributed by atoms with Gasteiger partial charge >= 0.3 is 0 Å². The first-order chi connectivity index (χ1) is 19.9. The Kier molecular flexibility index (Phi) is 8.89. The van der Waals surface area contributed by atoms with Gasteiger partial charge in [-0.2, -0.15) is 0 Å². The highest BCUT2D eigenvalue weighted by atomic mass is 31.3. The van der Waals surface area contributed by atoms with Gasteiger partial charge in [-0.1, -0.05) is 182 Å². The Labute approximate surface area is 241 Å². The second kappa shape index (κ2) is 13.3. The van der Waals surface area contributed by atoms with Crippen molar-refractivity contribution >= 4 is 56.0 Å². The number of hydrogen-bond donors (Lipinski definition) is 0. The molecule has 40 heavy (non-hydrogen) atoms. The predicted molar refractivity (Wildman–Crippen MR) is 179 cm³/mol. The van der Waals surface area contributed by atoms with Crippen molar-refractivity contribution in [2.75, 3.05) is 0 Å². The van der Waals surface area contributed by atoms with Gasteiger partial charge in [-0.3, -0.25) is 0 Å². The monoisotopic (exact) mass is 569 g/mol. The molecule has 194 valence electrons. The molecule has 0 bridgehead atoms. The molecule has 0 aromatic heterocycles. The molecule has 0 unspecified atom stereocenters. The summed E-state index contributed by atoms with van der Waals surface area (Å²) in [7, 11) is -2.69. The van der Waals surface area contributed by atoms with Crippen molar-refractivity contribution in [2.45, 2.75) is 0 Å². The molecule has 0 fully saturated rings. The highest BCUT2D eigenvalue weighted by Crippen LogP contribution is 2.66. The van der Waals surface area contributed by atoms with Crippen LogP contribution >= 0.6 is 24.2 Å². The summed E-state index contributed by atoms with van der Waals surface area (Å²) in [4.78, 5) is 0. The first-order valence-electron chi connectivity index (χ1n) is 13.4. The van der Waals surface area contributed by atoms with Crippen molar-refractivity contribution in [1.82, 2.24) is 4.21 Å². The molecule has 0 saturated carbocycles. The third-order valence-corrected chi connectivity index (χ3v) is 15.6. The van der Waals surface area contributed by atoms with E-state index in [1.165, 1.54) is 31.8 Å². The van der Waals surface area contributed by atoms with Gasteiger partial charge in [0.1, 0.15) is 0 Å². The van der Waals surface area contributed by atoms with E-state index in [-0.39, 0.29) is 0 Å². The summed E-state index contributed by atoms with van der Waals surface area (Å²) in [6.07, 6.45) is 0. The molecule has 1 nitrogen and oxygen atoms in total. The van der Waals surface area contributed by atoms with Crippen LogP contribution in [0.3, 0.4) is 0 Å². The molecule has 0 aliphatic heterocycles. The summed E-state index contributed by atoms with van der Waals surface area (Å²) in [5.74, 6) is 0. The molecule has 0 spiro atoms. The molecule has 6 aromatic carbocycles. The smallest absolute Gasteiger partial charge is 0.0367 e. The number of rotatable bonds is 9. The van der Waals surface area contributed by atoms with Crippen LogP contribution in [-0.4, -0.2) is 4.21 Å². The lowest BCUT2D eigenvalue weighted by Gasteiger charge is -2.44. The lowest BCUT2D eigenvalue weighted by atomic mass is 10.4. The second-order valence-electron chi connectivity index (χ2n) is 9.22. The van der Waals surface area contributed by atoms with E-state index in [4.69, 9.17) is 0 Å². The van der Waals surface area contributed by atoms with Gasteiger partial charge in [0, 0.05) is 24.2 Å². The van der Waals surface area contributed by atoms with Crippen LogP contribution in [0.25, 0.3) is 0 Å². The van der Waals surface area contributed by atoms with Crippen LogP contribution in [-0.2, 0) is 0 Å². The van der Waals surface area contributed by atoms with E-state index >= 15 is 0 Å². The molecule has 0 saturated heterocycles. The van der Waals surface area contributed by atoms with Crippen LogP contribution in [0.15, 0.2) is 182 Å². The van der Waals surface area contributed by atoms with Gasteiger partial charge in [0.05, 0.1) is 0 Å². The summed E-state index contributed by atoms with van der Waals surface area (Å²) in [6.45, 7) is 0. The fourth-order valence-corrected chi connectivity index (χ4v) is 15.5. The summed E-state index contributed by atoms with van der Waals surface area (Å²) in [5, 5.41) is 8.18. The SMILES string of the molecule is c1ccc(P(c2ccccc2)N(P(c2ccccc2)c2ccccc2)P(c2ccccc2)c2ccccc2)cc1. The normalized spacial score (nSPS) is 11.4. The number of nitrogens with zero attached hydrogens (tertiary/aromatic N) is 1. The molecule has 4 heteroatoms. The van der Waals surface area contributed by atoms with Gasteiger partial charge in [-0.15, -0.1) is 0 Å². The van der Waals surface area contributed by atoms with Gasteiger partial charge in [0.15, 0.2) is 0 Å². The Hall–Kier alpha value is -3.43. The lowest BCUT2D eigenvalue weighted by Crippen LogP contribution is -2.33. The zero-order valence-electron chi connectivity index (χ0n) is 22.1. The Morgan fingerprint density at radius 2 is 0.375 bits per heavy atom. The Balaban J connectivity index is 1.69. The maximum Gasteiger partial charge on any atom is 0.0367 e. The molecule has 0 aliphatic carbocycles. The maximum atomic E-state index is 2.92. The molecule has 6 rings (SSSR count). The largest absolute Gasteiger partial charge is 0.213 e. The van der Waals surface area contributed by atoms with Gasteiger partial charge in [-0.05, 0) is 31.8 Å². The standard InChI is InChI=1S/C36H30NP3/c1-7-19-31(20-8-1)38(32-21-9-2-10-22-32)37(39(33-23-11-3-12-24-33)34-25-13-4-14-26-34)40(35-27-15-5-16-28-35)36-29-17-6-18-30-36/h1-30H. The Morgan fingerprint density at radius 3 is 0.525 bits per heavy atom. The summed E-state index contributed by atoms with van der Waals surface area (Å²) >= 11 is 0. The summed E-state index contributed by atoms with van der Waals surface area (Å²) in [6, 6.07) is 66.8. The van der Waals surface area contributed by atoms with Crippen molar-refractivity contribution in [2.24, 2.45) is 0 Å². The average molecular weight is 570 g/mol. The van der Waals surface area contributed by atoms with Crippen molar-refractivity contribution in [1.29, 1.82) is 0 Å². The van der Waals surface area contributed by atoms with Crippen LogP contribution < -0.4 is 31.8 Å². The first-order valence-corrected chi connectivity index (χ1v) is 17.3. The van der Waals surface area contributed by atoms with Crippen molar-refractivity contribution in [3.8, 4) is 0 Å². The molecule has 0 radical (unpaired) electrons. The highest BCUT2D eigenvalue weighted by molar-refractivity contribution is 7.97. The van der Waals surface area contributed by atoms with Gasteiger partial charge in [-0.25, -0.2) is 4.21 Å². The van der Waals surface area contributed by atoms with Crippen LogP contribution in [0.2, 0.25) is 0 Å². The minimum atomic E-state index is -0.897. The predicted octanol–water partition coefficient (Wildman–Crippen LogP) is 7.43. The third-order valence-electron chi connectivity index (χ3n) is 6.54.